The van der Waals surface area contributed by atoms with Crippen molar-refractivity contribution < 1.29 is 83.5 Å². The van der Waals surface area contributed by atoms with E-state index >= 15 is 0 Å². The topological polar surface area (TPSA) is 3.24 Å². The van der Waals surface area contributed by atoms with Crippen LogP contribution < -0.4 is 0 Å². The average molecular weight is 471 g/mol. The Labute approximate surface area is 138 Å². The lowest BCUT2D eigenvalue weighted by Gasteiger charge is -2.41. The summed E-state index contributed by atoms with van der Waals surface area (Å²) < 4.78 is 235. The van der Waals surface area contributed by atoms with Crippen LogP contribution >= 0.6 is 0 Å². The Bertz CT molecular complexity index is 565. The van der Waals surface area contributed by atoms with Crippen LogP contribution in [0.2, 0.25) is 0 Å². The van der Waals surface area contributed by atoms with Gasteiger partial charge in [0.05, 0.1) is 0 Å². The van der Waals surface area contributed by atoms with Crippen molar-refractivity contribution in [1.29, 1.82) is 0 Å². The molecule has 0 aliphatic rings. The molecule has 0 spiro atoms. The van der Waals surface area contributed by atoms with Gasteiger partial charge in [0.1, 0.15) is 0 Å². The number of rotatable bonds is 6. The van der Waals surface area contributed by atoms with Crippen molar-refractivity contribution in [1.82, 2.24) is 5.12 Å². The van der Waals surface area contributed by atoms with Crippen LogP contribution in [0.5, 0.6) is 0 Å². The van der Waals surface area contributed by atoms with Crippen molar-refractivity contribution in [3.63, 3.8) is 0 Å². The first-order valence-electron chi connectivity index (χ1n) is 5.52. The van der Waals surface area contributed by atoms with E-state index in [1.807, 2.05) is 0 Å². The van der Waals surface area contributed by atoms with Gasteiger partial charge >= 0.3 is 48.1 Å². The van der Waals surface area contributed by atoms with E-state index < -0.39 is 53.3 Å². The van der Waals surface area contributed by atoms with E-state index in [9.17, 15) is 83.5 Å². The number of hydrogen-bond donors (Lipinski definition) is 0. The Morgan fingerprint density at radius 3 is 0.857 bits per heavy atom. The largest absolute Gasteiger partial charge is 0.472 e. The minimum absolute atomic E-state index is 4.73. The zero-order valence-electron chi connectivity index (χ0n) is 11.6. The third kappa shape index (κ3) is 3.29. The number of nitrogens with zero attached hydrogens (tertiary/aromatic N) is 1. The maximum absolute atomic E-state index is 12.9. The van der Waals surface area contributed by atoms with E-state index in [0.717, 1.165) is 0 Å². The van der Waals surface area contributed by atoms with Crippen molar-refractivity contribution in [2.45, 2.75) is 48.1 Å². The first-order chi connectivity index (χ1) is 11.7. The highest BCUT2D eigenvalue weighted by atomic mass is 19.4. The summed E-state index contributed by atoms with van der Waals surface area (Å²) >= 11 is 0. The standard InChI is InChI=1S/C8F19N/c9-1(10,3(13,14)5(17,18)19)2(11,12)4(15,16)7(23,24)28(27)8(25,26)6(20,21)22. The summed E-state index contributed by atoms with van der Waals surface area (Å²) in [4.78, 5) is 0. The molecule has 0 saturated carbocycles. The molecule has 0 aliphatic carbocycles. The lowest BCUT2D eigenvalue weighted by Crippen LogP contribution is -2.73. The Kier molecular flexibility index (Phi) is 6.00. The van der Waals surface area contributed by atoms with Crippen LogP contribution in [0.1, 0.15) is 0 Å². The quantitative estimate of drug-likeness (QED) is 0.260. The molecule has 0 rings (SSSR count). The van der Waals surface area contributed by atoms with Crippen LogP contribution in [0.3, 0.4) is 0 Å². The van der Waals surface area contributed by atoms with Crippen molar-refractivity contribution in [3.8, 4) is 0 Å². The van der Waals surface area contributed by atoms with Gasteiger partial charge in [0.2, 0.25) is 0 Å². The Balaban J connectivity index is 6.56. The molecule has 0 bridgehead atoms. The third-order valence-electron chi connectivity index (χ3n) is 2.75. The predicted octanol–water partition coefficient (Wildman–Crippen LogP) is 6.02. The van der Waals surface area contributed by atoms with E-state index in [-0.39, 0.29) is 0 Å². The summed E-state index contributed by atoms with van der Waals surface area (Å²) in [6, 6.07) is -16.2. The van der Waals surface area contributed by atoms with Gasteiger partial charge in [0.15, 0.2) is 0 Å². The number of alkyl halides is 18. The molecule has 0 aliphatic heterocycles. The molecule has 0 unspecified atom stereocenters. The first-order valence-corrected chi connectivity index (χ1v) is 5.52. The van der Waals surface area contributed by atoms with Gasteiger partial charge < -0.3 is 0 Å². The smallest absolute Gasteiger partial charge is 0.192 e. The van der Waals surface area contributed by atoms with Gasteiger partial charge in [-0.15, -0.1) is 4.48 Å². The first kappa shape index (κ1) is 26.6. The SMILES string of the molecule is FN(C(F)(F)C(F)(F)F)C(F)(F)C(F)(F)C(F)(F)C(F)(F)C(F)(F)C(F)(F)F. The molecule has 28 heavy (non-hydrogen) atoms. The summed E-state index contributed by atoms with van der Waals surface area (Å²) in [6.45, 7) is 0. The average Bonchev–Trinajstić information content (AvgIpc) is 2.42. The van der Waals surface area contributed by atoms with Crippen LogP contribution in [-0.2, 0) is 0 Å². The number of halogens is 19. The van der Waals surface area contributed by atoms with Crippen molar-refractivity contribution in [2.24, 2.45) is 0 Å². The third-order valence-corrected chi connectivity index (χ3v) is 2.75. The second kappa shape index (κ2) is 6.31. The highest BCUT2D eigenvalue weighted by Crippen LogP contribution is 2.61. The lowest BCUT2D eigenvalue weighted by atomic mass is 9.96. The molecule has 0 radical (unpaired) electrons. The molecule has 0 aromatic rings. The fraction of sp³-hybridized carbons (Fsp3) is 1.00. The van der Waals surface area contributed by atoms with E-state index in [0.29, 0.717) is 0 Å². The maximum Gasteiger partial charge on any atom is 0.472 e. The van der Waals surface area contributed by atoms with Gasteiger partial charge in [-0.3, -0.25) is 0 Å². The summed E-state index contributed by atoms with van der Waals surface area (Å²) in [6.07, 6.45) is -15.4. The molecular weight excluding hydrogens is 471 g/mol. The molecule has 0 amide bonds. The lowest BCUT2D eigenvalue weighted by molar-refractivity contribution is -0.498. The van der Waals surface area contributed by atoms with Crippen molar-refractivity contribution >= 4 is 0 Å². The minimum Gasteiger partial charge on any atom is -0.192 e. The summed E-state index contributed by atoms with van der Waals surface area (Å²) in [5.74, 6) is -34.2. The Hall–Kier alpha value is -1.37. The molecular formula is C8F19N. The maximum atomic E-state index is 12.9. The van der Waals surface area contributed by atoms with Gasteiger partial charge in [0.25, 0.3) is 0 Å². The molecule has 0 heterocycles. The van der Waals surface area contributed by atoms with Gasteiger partial charge in [-0.1, -0.05) is 0 Å². The molecule has 1 nitrogen and oxygen atoms in total. The monoisotopic (exact) mass is 471 g/mol. The van der Waals surface area contributed by atoms with Gasteiger partial charge in [-0.2, -0.15) is 79.0 Å². The van der Waals surface area contributed by atoms with Crippen LogP contribution in [0.25, 0.3) is 0 Å². The molecule has 170 valence electrons. The molecule has 0 aromatic heterocycles. The van der Waals surface area contributed by atoms with Crippen LogP contribution in [-0.4, -0.2) is 53.3 Å². The van der Waals surface area contributed by atoms with Gasteiger partial charge in [-0.25, -0.2) is 0 Å². The molecule has 0 atom stereocenters. The summed E-state index contributed by atoms with van der Waals surface area (Å²) in [5.41, 5.74) is 0. The molecule has 0 fully saturated rings. The van der Waals surface area contributed by atoms with Gasteiger partial charge in [-0.05, 0) is 5.12 Å². The second-order valence-electron chi connectivity index (χ2n) is 4.66. The highest BCUT2D eigenvalue weighted by Gasteiger charge is 2.93. The molecule has 0 N–H and O–H groups in total. The minimum atomic E-state index is -8.73. The van der Waals surface area contributed by atoms with Gasteiger partial charge in [0, 0.05) is 0 Å². The second-order valence-corrected chi connectivity index (χ2v) is 4.66. The van der Waals surface area contributed by atoms with E-state index in [4.69, 9.17) is 0 Å². The number of hydrogen-bond acceptors (Lipinski definition) is 1. The fourth-order valence-corrected chi connectivity index (χ4v) is 1.17. The van der Waals surface area contributed by atoms with Crippen molar-refractivity contribution in [2.75, 3.05) is 0 Å². The van der Waals surface area contributed by atoms with Crippen LogP contribution in [0, 0.1) is 0 Å². The van der Waals surface area contributed by atoms with E-state index in [1.165, 1.54) is 0 Å². The van der Waals surface area contributed by atoms with Crippen LogP contribution in [0.4, 0.5) is 83.5 Å². The van der Waals surface area contributed by atoms with Crippen LogP contribution in [0.15, 0.2) is 0 Å². The zero-order chi connectivity index (χ0) is 23.6. The predicted molar refractivity (Wildman–Crippen MR) is 44.7 cm³/mol. The fourth-order valence-electron chi connectivity index (χ4n) is 1.17. The Morgan fingerprint density at radius 1 is 0.321 bits per heavy atom. The van der Waals surface area contributed by atoms with E-state index in [2.05, 4.69) is 0 Å². The molecule has 20 heteroatoms. The summed E-state index contributed by atoms with van der Waals surface area (Å²) in [5, 5.41) is -4.73. The van der Waals surface area contributed by atoms with Crippen molar-refractivity contribution in [3.05, 3.63) is 0 Å². The van der Waals surface area contributed by atoms with E-state index in [1.54, 1.807) is 0 Å². The zero-order valence-corrected chi connectivity index (χ0v) is 11.6. The molecule has 0 aromatic carbocycles. The molecule has 0 saturated heterocycles. The highest BCUT2D eigenvalue weighted by molar-refractivity contribution is 5.10. The summed E-state index contributed by atoms with van der Waals surface area (Å²) in [7, 11) is 0. The normalized spacial score (nSPS) is 16.7. The Morgan fingerprint density at radius 2 is 0.607 bits per heavy atom.